The highest BCUT2D eigenvalue weighted by molar-refractivity contribution is 6.06. The summed E-state index contributed by atoms with van der Waals surface area (Å²) in [7, 11) is 0. The standard InChI is InChI=1S/C17H15N5O3/c1-11(23)13-6-4-12(5-7-13)10-22-8-2-3-14(22)15(24)9-16(25)17-18-20-21-19-17/h2-9,25H,10H2,1H3,(H,18,19,20,21). The summed E-state index contributed by atoms with van der Waals surface area (Å²) in [5.74, 6) is -0.790. The van der Waals surface area contributed by atoms with E-state index in [1.54, 1.807) is 35.0 Å². The summed E-state index contributed by atoms with van der Waals surface area (Å²) in [4.78, 5) is 23.7. The molecule has 8 heteroatoms. The van der Waals surface area contributed by atoms with Gasteiger partial charge in [0.15, 0.2) is 11.5 Å². The van der Waals surface area contributed by atoms with Gasteiger partial charge in [0.05, 0.1) is 5.69 Å². The molecule has 8 nitrogen and oxygen atoms in total. The molecule has 3 aromatic rings. The number of rotatable bonds is 6. The molecule has 0 bridgehead atoms. The van der Waals surface area contributed by atoms with Gasteiger partial charge >= 0.3 is 0 Å². The van der Waals surface area contributed by atoms with Crippen LogP contribution in [-0.4, -0.2) is 41.9 Å². The maximum Gasteiger partial charge on any atom is 0.239 e. The van der Waals surface area contributed by atoms with Crippen molar-refractivity contribution in [1.29, 1.82) is 0 Å². The van der Waals surface area contributed by atoms with E-state index in [0.29, 0.717) is 17.8 Å². The number of aromatic amines is 1. The van der Waals surface area contributed by atoms with E-state index in [9.17, 15) is 14.7 Å². The minimum Gasteiger partial charge on any atom is -0.504 e. The minimum atomic E-state index is -0.382. The number of H-pyrrole nitrogens is 1. The van der Waals surface area contributed by atoms with Crippen molar-refractivity contribution >= 4 is 17.3 Å². The van der Waals surface area contributed by atoms with Gasteiger partial charge in [-0.15, -0.1) is 10.2 Å². The highest BCUT2D eigenvalue weighted by Crippen LogP contribution is 2.13. The van der Waals surface area contributed by atoms with Crippen molar-refractivity contribution in [2.75, 3.05) is 0 Å². The van der Waals surface area contributed by atoms with Crippen LogP contribution in [0.15, 0.2) is 48.7 Å². The van der Waals surface area contributed by atoms with Crippen LogP contribution in [0.25, 0.3) is 5.76 Å². The Balaban J connectivity index is 1.79. The van der Waals surface area contributed by atoms with Crippen LogP contribution in [0, 0.1) is 0 Å². The van der Waals surface area contributed by atoms with E-state index in [1.165, 1.54) is 6.92 Å². The number of hydrogen-bond acceptors (Lipinski definition) is 6. The van der Waals surface area contributed by atoms with E-state index < -0.39 is 0 Å². The Morgan fingerprint density at radius 2 is 2.00 bits per heavy atom. The fraction of sp³-hybridized carbons (Fsp3) is 0.118. The zero-order valence-corrected chi connectivity index (χ0v) is 13.4. The number of aromatic nitrogens is 5. The van der Waals surface area contributed by atoms with Crippen LogP contribution in [0.4, 0.5) is 0 Å². The van der Waals surface area contributed by atoms with Gasteiger partial charge in [-0.3, -0.25) is 9.59 Å². The Bertz CT molecular complexity index is 924. The summed E-state index contributed by atoms with van der Waals surface area (Å²) in [6.45, 7) is 1.98. The number of nitrogens with zero attached hydrogens (tertiary/aromatic N) is 4. The van der Waals surface area contributed by atoms with Gasteiger partial charge in [0.25, 0.3) is 0 Å². The van der Waals surface area contributed by atoms with Crippen LogP contribution in [-0.2, 0) is 6.54 Å². The molecule has 1 aromatic carbocycles. The third kappa shape index (κ3) is 3.69. The number of aliphatic hydroxyl groups excluding tert-OH is 1. The third-order valence-electron chi connectivity index (χ3n) is 3.64. The number of hydrogen-bond donors (Lipinski definition) is 2. The summed E-state index contributed by atoms with van der Waals surface area (Å²) in [5, 5.41) is 22.6. The molecule has 3 rings (SSSR count). The van der Waals surface area contributed by atoms with E-state index in [1.807, 2.05) is 12.1 Å². The molecule has 0 fully saturated rings. The fourth-order valence-electron chi connectivity index (χ4n) is 2.35. The Morgan fingerprint density at radius 3 is 2.64 bits per heavy atom. The van der Waals surface area contributed by atoms with Gasteiger partial charge in [0.2, 0.25) is 11.6 Å². The molecule has 126 valence electrons. The SMILES string of the molecule is CC(=O)c1ccc(Cn2cccc2C(=O)C=C(O)c2nn[nH]n2)cc1. The van der Waals surface area contributed by atoms with E-state index in [2.05, 4.69) is 20.6 Å². The molecule has 0 saturated heterocycles. The number of tetrazole rings is 1. The Hall–Kier alpha value is -3.55. The lowest BCUT2D eigenvalue weighted by molar-refractivity contribution is 0.101. The molecular formula is C17H15N5O3. The van der Waals surface area contributed by atoms with Crippen LogP contribution in [0.5, 0.6) is 0 Å². The number of Topliss-reactive ketones (excluding diaryl/α,β-unsaturated/α-hetero) is 1. The van der Waals surface area contributed by atoms with E-state index in [0.717, 1.165) is 11.6 Å². The molecule has 0 aliphatic rings. The van der Waals surface area contributed by atoms with Crippen LogP contribution in [0.2, 0.25) is 0 Å². The lowest BCUT2D eigenvalue weighted by atomic mass is 10.1. The van der Waals surface area contributed by atoms with Crippen LogP contribution >= 0.6 is 0 Å². The zero-order valence-electron chi connectivity index (χ0n) is 13.4. The van der Waals surface area contributed by atoms with Crippen molar-refractivity contribution in [3.63, 3.8) is 0 Å². The quantitative estimate of drug-likeness (QED) is 0.404. The highest BCUT2D eigenvalue weighted by Gasteiger charge is 2.13. The molecule has 0 saturated carbocycles. The molecule has 0 spiro atoms. The highest BCUT2D eigenvalue weighted by atomic mass is 16.3. The molecule has 0 atom stereocenters. The zero-order chi connectivity index (χ0) is 17.8. The molecule has 2 heterocycles. The largest absolute Gasteiger partial charge is 0.504 e. The molecule has 2 aromatic heterocycles. The van der Waals surface area contributed by atoms with Crippen molar-refractivity contribution < 1.29 is 14.7 Å². The monoisotopic (exact) mass is 337 g/mol. The van der Waals surface area contributed by atoms with Crippen LogP contribution in [0.1, 0.15) is 39.2 Å². The molecule has 2 N–H and O–H groups in total. The second-order valence-corrected chi connectivity index (χ2v) is 5.40. The van der Waals surface area contributed by atoms with E-state index >= 15 is 0 Å². The average Bonchev–Trinajstić information content (AvgIpc) is 3.27. The van der Waals surface area contributed by atoms with Crippen molar-refractivity contribution in [2.24, 2.45) is 0 Å². The van der Waals surface area contributed by atoms with E-state index in [-0.39, 0.29) is 23.2 Å². The average molecular weight is 337 g/mol. The Kier molecular flexibility index (Phi) is 4.51. The maximum absolute atomic E-state index is 12.4. The smallest absolute Gasteiger partial charge is 0.239 e. The number of benzene rings is 1. The number of ketones is 2. The van der Waals surface area contributed by atoms with Gasteiger partial charge in [-0.25, -0.2) is 0 Å². The first-order chi connectivity index (χ1) is 12.0. The van der Waals surface area contributed by atoms with Gasteiger partial charge < -0.3 is 9.67 Å². The summed E-state index contributed by atoms with van der Waals surface area (Å²) in [5.41, 5.74) is 1.99. The first-order valence-corrected chi connectivity index (χ1v) is 7.48. The molecule has 0 amide bonds. The predicted molar refractivity (Wildman–Crippen MR) is 89.1 cm³/mol. The van der Waals surface area contributed by atoms with Gasteiger partial charge in [-0.2, -0.15) is 5.21 Å². The molecule has 25 heavy (non-hydrogen) atoms. The minimum absolute atomic E-state index is 0.00505. The first-order valence-electron chi connectivity index (χ1n) is 7.48. The third-order valence-corrected chi connectivity index (χ3v) is 3.64. The predicted octanol–water partition coefficient (Wildman–Crippen LogP) is 2.03. The summed E-state index contributed by atoms with van der Waals surface area (Å²) < 4.78 is 1.76. The summed E-state index contributed by atoms with van der Waals surface area (Å²) in [6, 6.07) is 10.6. The first kappa shape index (κ1) is 16.3. The molecule has 0 aliphatic carbocycles. The van der Waals surface area contributed by atoms with Crippen molar-refractivity contribution in [3.05, 3.63) is 71.3 Å². The number of carbonyl (C=O) groups is 2. The second-order valence-electron chi connectivity index (χ2n) is 5.40. The second kappa shape index (κ2) is 6.91. The lowest BCUT2D eigenvalue weighted by Crippen LogP contribution is -2.08. The van der Waals surface area contributed by atoms with Crippen LogP contribution < -0.4 is 0 Å². The number of allylic oxidation sites excluding steroid dienone is 1. The molecule has 0 aliphatic heterocycles. The summed E-state index contributed by atoms with van der Waals surface area (Å²) >= 11 is 0. The molecular weight excluding hydrogens is 322 g/mol. The van der Waals surface area contributed by atoms with Crippen molar-refractivity contribution in [2.45, 2.75) is 13.5 Å². The number of aliphatic hydroxyl groups is 1. The summed E-state index contributed by atoms with van der Waals surface area (Å²) in [6.07, 6.45) is 2.82. The number of nitrogens with one attached hydrogen (secondary N) is 1. The van der Waals surface area contributed by atoms with Gasteiger partial charge in [-0.1, -0.05) is 24.3 Å². The van der Waals surface area contributed by atoms with Crippen LogP contribution in [0.3, 0.4) is 0 Å². The van der Waals surface area contributed by atoms with Crippen molar-refractivity contribution in [1.82, 2.24) is 25.2 Å². The topological polar surface area (TPSA) is 114 Å². The number of carbonyl (C=O) groups excluding carboxylic acids is 2. The fourth-order valence-corrected chi connectivity index (χ4v) is 2.35. The van der Waals surface area contributed by atoms with Gasteiger partial charge in [0.1, 0.15) is 0 Å². The molecule has 0 unspecified atom stereocenters. The van der Waals surface area contributed by atoms with E-state index in [4.69, 9.17) is 0 Å². The van der Waals surface area contributed by atoms with Gasteiger partial charge in [0, 0.05) is 24.4 Å². The van der Waals surface area contributed by atoms with Crippen molar-refractivity contribution in [3.8, 4) is 0 Å². The Morgan fingerprint density at radius 1 is 1.24 bits per heavy atom. The maximum atomic E-state index is 12.4. The lowest BCUT2D eigenvalue weighted by Gasteiger charge is -2.08. The molecule has 0 radical (unpaired) electrons. The normalized spacial score (nSPS) is 11.5. The van der Waals surface area contributed by atoms with Gasteiger partial charge in [-0.05, 0) is 29.8 Å². The Labute approximate surface area is 142 Å².